The van der Waals surface area contributed by atoms with Crippen LogP contribution in [0.5, 0.6) is 0 Å². The van der Waals surface area contributed by atoms with Crippen molar-refractivity contribution in [3.63, 3.8) is 0 Å². The van der Waals surface area contributed by atoms with E-state index in [-0.39, 0.29) is 49.3 Å². The van der Waals surface area contributed by atoms with E-state index in [2.05, 4.69) is 27.0 Å². The van der Waals surface area contributed by atoms with E-state index in [4.69, 9.17) is 4.74 Å². The van der Waals surface area contributed by atoms with E-state index in [0.29, 0.717) is 68.4 Å². The lowest BCUT2D eigenvalue weighted by atomic mass is 9.90. The molecule has 2 N–H and O–H groups in total. The number of aliphatic hydroxyl groups excluding tert-OH is 1. The molecular weight excluding hydrogens is 592 g/mol. The summed E-state index contributed by atoms with van der Waals surface area (Å²) >= 11 is 0. The van der Waals surface area contributed by atoms with Crippen LogP contribution in [0, 0.1) is 5.82 Å². The number of aliphatic hydroxyl groups is 1. The Morgan fingerprint density at radius 1 is 1.18 bits per heavy atom. The molecule has 3 aromatic rings. The molecule has 6 rings (SSSR count). The van der Waals surface area contributed by atoms with Crippen molar-refractivity contribution >= 4 is 17.2 Å². The number of ether oxygens (including phenoxy) is 1. The third-order valence-corrected chi connectivity index (χ3v) is 9.24. The number of pyridine rings is 1. The number of nitrogens with one attached hydrogen (secondary N) is 1. The number of benzene rings is 1. The van der Waals surface area contributed by atoms with Crippen LogP contribution in [0.4, 0.5) is 23.2 Å². The number of rotatable bonds is 7. The molecule has 244 valence electrons. The number of amides is 1. The molecule has 1 amide bonds. The van der Waals surface area contributed by atoms with Crippen molar-refractivity contribution in [1.82, 2.24) is 24.5 Å². The van der Waals surface area contributed by atoms with E-state index in [1.54, 1.807) is 23.1 Å². The molecule has 0 saturated carbocycles. The Hall–Kier alpha value is -3.10. The Bertz CT molecular complexity index is 1540. The van der Waals surface area contributed by atoms with Crippen molar-refractivity contribution in [2.45, 2.75) is 56.9 Å². The first-order valence-corrected chi connectivity index (χ1v) is 15.4. The summed E-state index contributed by atoms with van der Waals surface area (Å²) in [5, 5.41) is 13.4. The third-order valence-electron chi connectivity index (χ3n) is 9.24. The van der Waals surface area contributed by atoms with Crippen molar-refractivity contribution in [2.24, 2.45) is 0 Å². The number of imidazole rings is 1. The van der Waals surface area contributed by atoms with E-state index in [1.807, 2.05) is 13.8 Å². The van der Waals surface area contributed by atoms with Gasteiger partial charge in [0.15, 0.2) is 5.69 Å². The van der Waals surface area contributed by atoms with Gasteiger partial charge in [-0.05, 0) is 30.7 Å². The maximum absolute atomic E-state index is 14.2. The number of hydrogen-bond donors (Lipinski definition) is 2. The topological polar surface area (TPSA) is 85.6 Å². The van der Waals surface area contributed by atoms with Crippen molar-refractivity contribution in [3.8, 4) is 0 Å². The molecule has 1 aromatic carbocycles. The predicted octanol–water partition coefficient (Wildman–Crippen LogP) is 3.06. The molecule has 9 nitrogen and oxygen atoms in total. The minimum absolute atomic E-state index is 0.00580. The molecule has 45 heavy (non-hydrogen) atoms. The smallest absolute Gasteiger partial charge is 0.395 e. The summed E-state index contributed by atoms with van der Waals surface area (Å²) in [6.45, 7) is 10.1. The normalized spacial score (nSPS) is 24.4. The number of piperazine rings is 1. The molecule has 2 fully saturated rings. The third kappa shape index (κ3) is 6.46. The van der Waals surface area contributed by atoms with Crippen LogP contribution in [-0.2, 0) is 27.5 Å². The lowest BCUT2D eigenvalue weighted by molar-refractivity contribution is -0.140. The number of alkyl halides is 3. The van der Waals surface area contributed by atoms with Crippen LogP contribution in [0.2, 0.25) is 0 Å². The van der Waals surface area contributed by atoms with Crippen LogP contribution in [0.25, 0.3) is 5.65 Å². The summed E-state index contributed by atoms with van der Waals surface area (Å²) in [6, 6.07) is 7.70. The molecule has 2 aromatic heterocycles. The van der Waals surface area contributed by atoms with Crippen LogP contribution < -0.4 is 10.2 Å². The summed E-state index contributed by atoms with van der Waals surface area (Å²) in [6.07, 6.45) is -3.41. The van der Waals surface area contributed by atoms with Crippen molar-refractivity contribution in [2.75, 3.05) is 64.0 Å². The minimum Gasteiger partial charge on any atom is -0.395 e. The highest BCUT2D eigenvalue weighted by molar-refractivity contribution is 5.98. The molecular formula is C32H40F4N6O3. The van der Waals surface area contributed by atoms with Crippen molar-refractivity contribution < 1.29 is 32.2 Å². The largest absolute Gasteiger partial charge is 0.434 e. The second-order valence-electron chi connectivity index (χ2n) is 13.2. The van der Waals surface area contributed by atoms with Gasteiger partial charge in [0.2, 0.25) is 5.91 Å². The van der Waals surface area contributed by atoms with Crippen LogP contribution in [0.15, 0.2) is 36.5 Å². The van der Waals surface area contributed by atoms with E-state index in [1.165, 1.54) is 16.5 Å². The molecule has 0 bridgehead atoms. The van der Waals surface area contributed by atoms with Gasteiger partial charge in [-0.1, -0.05) is 26.0 Å². The number of anilines is 1. The lowest BCUT2D eigenvalue weighted by Gasteiger charge is -2.44. The fraction of sp³-hybridized carbons (Fsp3) is 0.562. The fourth-order valence-corrected chi connectivity index (χ4v) is 6.98. The molecule has 0 spiro atoms. The first-order valence-electron chi connectivity index (χ1n) is 15.4. The fourth-order valence-electron chi connectivity index (χ4n) is 6.98. The quantitative estimate of drug-likeness (QED) is 0.388. The Morgan fingerprint density at radius 2 is 1.93 bits per heavy atom. The number of nitrogens with zero attached hydrogens (tertiary/aromatic N) is 5. The van der Waals surface area contributed by atoms with E-state index in [9.17, 15) is 27.5 Å². The monoisotopic (exact) mass is 632 g/mol. The van der Waals surface area contributed by atoms with Crippen molar-refractivity contribution in [3.05, 3.63) is 64.9 Å². The Kier molecular flexibility index (Phi) is 8.68. The maximum atomic E-state index is 14.2. The van der Waals surface area contributed by atoms with Crippen LogP contribution in [0.1, 0.15) is 43.3 Å². The van der Waals surface area contributed by atoms with Crippen LogP contribution >= 0.6 is 0 Å². The summed E-state index contributed by atoms with van der Waals surface area (Å²) < 4.78 is 62.4. The van der Waals surface area contributed by atoms with Crippen molar-refractivity contribution in [1.29, 1.82) is 0 Å². The number of halogens is 4. The van der Waals surface area contributed by atoms with Crippen LogP contribution in [0.3, 0.4) is 0 Å². The SMILES string of the molecule is C[C@@H]1CN(CC(=O)N2CC(C)(C)c3c2cc(Cc2ccc(F)cc2)c2nc(C(F)(F)F)cn32)[C@@H](CN2CCOCC2CO)CN1. The molecule has 13 heteroatoms. The molecule has 5 heterocycles. The van der Waals surface area contributed by atoms with Gasteiger partial charge in [0, 0.05) is 68.4 Å². The van der Waals surface area contributed by atoms with E-state index >= 15 is 0 Å². The molecule has 0 radical (unpaired) electrons. The Balaban J connectivity index is 1.34. The summed E-state index contributed by atoms with van der Waals surface area (Å²) in [5.41, 5.74) is 0.912. The van der Waals surface area contributed by atoms with Crippen LogP contribution in [-0.4, -0.2) is 107 Å². The van der Waals surface area contributed by atoms with Gasteiger partial charge in [-0.2, -0.15) is 13.2 Å². The van der Waals surface area contributed by atoms with Gasteiger partial charge in [-0.3, -0.25) is 14.6 Å². The van der Waals surface area contributed by atoms with Gasteiger partial charge in [-0.25, -0.2) is 9.37 Å². The molecule has 2 saturated heterocycles. The second-order valence-corrected chi connectivity index (χ2v) is 13.2. The lowest BCUT2D eigenvalue weighted by Crippen LogP contribution is -2.62. The average Bonchev–Trinajstić information content (AvgIpc) is 3.55. The predicted molar refractivity (Wildman–Crippen MR) is 161 cm³/mol. The number of morpholine rings is 1. The molecule has 0 aliphatic carbocycles. The van der Waals surface area contributed by atoms with Gasteiger partial charge in [0.1, 0.15) is 11.5 Å². The zero-order chi connectivity index (χ0) is 32.1. The zero-order valence-electron chi connectivity index (χ0n) is 25.8. The molecule has 3 aliphatic heterocycles. The highest BCUT2D eigenvalue weighted by Gasteiger charge is 2.43. The Labute approximate surface area is 259 Å². The first kappa shape index (κ1) is 31.9. The van der Waals surface area contributed by atoms with Gasteiger partial charge >= 0.3 is 6.18 Å². The summed E-state index contributed by atoms with van der Waals surface area (Å²) in [4.78, 5) is 24.3. The van der Waals surface area contributed by atoms with Gasteiger partial charge < -0.3 is 24.5 Å². The average molecular weight is 633 g/mol. The number of carbonyl (C=O) groups excluding carboxylic acids is 1. The van der Waals surface area contributed by atoms with Gasteiger partial charge in [0.05, 0.1) is 43.8 Å². The minimum atomic E-state index is -4.65. The maximum Gasteiger partial charge on any atom is 0.434 e. The number of fused-ring (bicyclic) bond motifs is 3. The highest BCUT2D eigenvalue weighted by Crippen LogP contribution is 2.43. The number of aromatic nitrogens is 2. The standard InChI is InChI=1S/C32H40F4N6O3/c1-20-13-40(24(12-37-20)14-39-8-9-45-18-25(39)17-43)16-28(44)42-19-31(2,3)29-26(42)11-22(10-21-4-6-23(33)7-5-21)30-38-27(15-41(29)30)32(34,35)36/h4-7,11,15,20,24-25,37,43H,8-10,12-14,16-19H2,1-3H3/t20-,24-,25?/m1/s1. The number of hydrogen-bond acceptors (Lipinski definition) is 7. The van der Waals surface area contributed by atoms with Gasteiger partial charge in [0.25, 0.3) is 0 Å². The zero-order valence-corrected chi connectivity index (χ0v) is 25.8. The number of carbonyl (C=O) groups is 1. The first-order chi connectivity index (χ1) is 21.3. The van der Waals surface area contributed by atoms with Gasteiger partial charge in [-0.15, -0.1) is 0 Å². The molecule has 1 unspecified atom stereocenters. The van der Waals surface area contributed by atoms with E-state index < -0.39 is 23.1 Å². The van der Waals surface area contributed by atoms with E-state index in [0.717, 1.165) is 6.20 Å². The summed E-state index contributed by atoms with van der Waals surface area (Å²) in [5.74, 6) is -0.539. The summed E-state index contributed by atoms with van der Waals surface area (Å²) in [7, 11) is 0. The highest BCUT2D eigenvalue weighted by atomic mass is 19.4. The molecule has 3 aliphatic rings. The Morgan fingerprint density at radius 3 is 2.64 bits per heavy atom. The second kappa shape index (κ2) is 12.3. The molecule has 3 atom stereocenters.